The van der Waals surface area contributed by atoms with Crippen molar-refractivity contribution in [3.63, 3.8) is 0 Å². The van der Waals surface area contributed by atoms with Crippen molar-refractivity contribution in [3.8, 4) is 0 Å². The third-order valence-corrected chi connectivity index (χ3v) is 4.42. The van der Waals surface area contributed by atoms with Gasteiger partial charge in [-0.05, 0) is 61.1 Å². The van der Waals surface area contributed by atoms with Crippen LogP contribution in [0.1, 0.15) is 38.7 Å². The lowest BCUT2D eigenvalue weighted by atomic mass is 9.65. The molecule has 2 heteroatoms. The van der Waals surface area contributed by atoms with Crippen LogP contribution in [-0.4, -0.2) is 6.54 Å². The van der Waals surface area contributed by atoms with Crippen LogP contribution in [0.2, 0.25) is 0 Å². The first-order valence-corrected chi connectivity index (χ1v) is 6.95. The SMILES string of the molecule is CC1(C)CCC(CN)C(Cc2ccccc2F)C1. The summed E-state index contributed by atoms with van der Waals surface area (Å²) in [6.45, 7) is 5.36. The summed E-state index contributed by atoms with van der Waals surface area (Å²) in [5, 5.41) is 0. The number of rotatable bonds is 3. The zero-order valence-electron chi connectivity index (χ0n) is 11.5. The minimum Gasteiger partial charge on any atom is -0.330 e. The van der Waals surface area contributed by atoms with E-state index in [-0.39, 0.29) is 5.82 Å². The van der Waals surface area contributed by atoms with Crippen LogP contribution in [0.25, 0.3) is 0 Å². The van der Waals surface area contributed by atoms with Gasteiger partial charge in [0.15, 0.2) is 0 Å². The number of benzene rings is 1. The fraction of sp³-hybridized carbons (Fsp3) is 0.625. The van der Waals surface area contributed by atoms with Crippen molar-refractivity contribution in [2.45, 2.75) is 39.5 Å². The molecule has 0 heterocycles. The van der Waals surface area contributed by atoms with E-state index in [1.165, 1.54) is 12.8 Å². The molecule has 2 N–H and O–H groups in total. The molecule has 1 saturated carbocycles. The van der Waals surface area contributed by atoms with E-state index in [4.69, 9.17) is 5.73 Å². The third kappa shape index (κ3) is 3.11. The van der Waals surface area contributed by atoms with Crippen LogP contribution in [0, 0.1) is 23.1 Å². The number of hydrogen-bond donors (Lipinski definition) is 1. The molecule has 1 fully saturated rings. The first-order valence-electron chi connectivity index (χ1n) is 6.95. The Labute approximate surface area is 110 Å². The highest BCUT2D eigenvalue weighted by Crippen LogP contribution is 2.42. The molecule has 0 aliphatic heterocycles. The number of hydrogen-bond acceptors (Lipinski definition) is 1. The monoisotopic (exact) mass is 249 g/mol. The Bertz CT molecular complexity index is 400. The van der Waals surface area contributed by atoms with Crippen LogP contribution in [0.4, 0.5) is 4.39 Å². The average molecular weight is 249 g/mol. The van der Waals surface area contributed by atoms with Crippen LogP contribution >= 0.6 is 0 Å². The molecule has 1 aliphatic carbocycles. The Morgan fingerprint density at radius 1 is 1.28 bits per heavy atom. The zero-order chi connectivity index (χ0) is 13.2. The Morgan fingerprint density at radius 3 is 2.67 bits per heavy atom. The standard InChI is InChI=1S/C16H24FN/c1-16(2)8-7-13(11-18)14(10-16)9-12-5-3-4-6-15(12)17/h3-6,13-14H,7-11,18H2,1-2H3. The van der Waals surface area contributed by atoms with E-state index in [0.717, 1.165) is 24.9 Å². The molecule has 1 aliphatic rings. The van der Waals surface area contributed by atoms with Gasteiger partial charge in [0.25, 0.3) is 0 Å². The second-order valence-electron chi connectivity index (χ2n) is 6.46. The van der Waals surface area contributed by atoms with E-state index in [2.05, 4.69) is 13.8 Å². The van der Waals surface area contributed by atoms with Crippen molar-refractivity contribution in [3.05, 3.63) is 35.6 Å². The van der Waals surface area contributed by atoms with Crippen LogP contribution in [0.3, 0.4) is 0 Å². The zero-order valence-corrected chi connectivity index (χ0v) is 11.5. The van der Waals surface area contributed by atoms with Gasteiger partial charge < -0.3 is 5.73 Å². The highest BCUT2D eigenvalue weighted by molar-refractivity contribution is 5.18. The molecule has 100 valence electrons. The highest BCUT2D eigenvalue weighted by atomic mass is 19.1. The molecule has 2 unspecified atom stereocenters. The fourth-order valence-corrected chi connectivity index (χ4v) is 3.29. The maximum Gasteiger partial charge on any atom is 0.126 e. The van der Waals surface area contributed by atoms with Gasteiger partial charge in [-0.2, -0.15) is 0 Å². The fourth-order valence-electron chi connectivity index (χ4n) is 3.29. The van der Waals surface area contributed by atoms with Crippen molar-refractivity contribution >= 4 is 0 Å². The lowest BCUT2D eigenvalue weighted by molar-refractivity contribution is 0.121. The van der Waals surface area contributed by atoms with E-state index in [1.54, 1.807) is 12.1 Å². The van der Waals surface area contributed by atoms with Crippen LogP contribution in [0.15, 0.2) is 24.3 Å². The molecule has 2 rings (SSSR count). The minimum absolute atomic E-state index is 0.0725. The second-order valence-corrected chi connectivity index (χ2v) is 6.46. The van der Waals surface area contributed by atoms with Crippen molar-refractivity contribution in [1.29, 1.82) is 0 Å². The molecule has 0 bridgehead atoms. The van der Waals surface area contributed by atoms with Gasteiger partial charge in [-0.3, -0.25) is 0 Å². The van der Waals surface area contributed by atoms with Gasteiger partial charge >= 0.3 is 0 Å². The van der Waals surface area contributed by atoms with Crippen LogP contribution in [-0.2, 0) is 6.42 Å². The number of nitrogens with two attached hydrogens (primary N) is 1. The summed E-state index contributed by atoms with van der Waals surface area (Å²) in [6.07, 6.45) is 4.41. The molecule has 0 spiro atoms. The van der Waals surface area contributed by atoms with E-state index in [1.807, 2.05) is 12.1 Å². The maximum absolute atomic E-state index is 13.7. The molecule has 1 aromatic rings. The first kappa shape index (κ1) is 13.5. The Hall–Kier alpha value is -0.890. The van der Waals surface area contributed by atoms with Gasteiger partial charge in [-0.15, -0.1) is 0 Å². The minimum atomic E-state index is -0.0725. The maximum atomic E-state index is 13.7. The summed E-state index contributed by atoms with van der Waals surface area (Å²) in [5.41, 5.74) is 7.10. The van der Waals surface area contributed by atoms with Gasteiger partial charge in [0.2, 0.25) is 0 Å². The summed E-state index contributed by atoms with van der Waals surface area (Å²) in [4.78, 5) is 0. The van der Waals surface area contributed by atoms with Crippen molar-refractivity contribution in [2.24, 2.45) is 23.0 Å². The van der Waals surface area contributed by atoms with E-state index < -0.39 is 0 Å². The predicted molar refractivity (Wildman–Crippen MR) is 73.8 cm³/mol. The second kappa shape index (κ2) is 5.40. The smallest absolute Gasteiger partial charge is 0.126 e. The average Bonchev–Trinajstić information content (AvgIpc) is 2.31. The molecular formula is C16H24FN. The van der Waals surface area contributed by atoms with Gasteiger partial charge in [0, 0.05) is 0 Å². The normalized spacial score (nSPS) is 27.1. The molecule has 0 radical (unpaired) electrons. The summed E-state index contributed by atoms with van der Waals surface area (Å²) in [6, 6.07) is 7.14. The third-order valence-electron chi connectivity index (χ3n) is 4.42. The lowest BCUT2D eigenvalue weighted by Crippen LogP contribution is -2.35. The highest BCUT2D eigenvalue weighted by Gasteiger charge is 2.34. The Kier molecular flexibility index (Phi) is 4.06. The molecule has 0 saturated heterocycles. The van der Waals surface area contributed by atoms with Crippen molar-refractivity contribution in [2.75, 3.05) is 6.54 Å². The van der Waals surface area contributed by atoms with E-state index in [9.17, 15) is 4.39 Å². The Balaban J connectivity index is 2.12. The topological polar surface area (TPSA) is 26.0 Å². The molecular weight excluding hydrogens is 225 g/mol. The van der Waals surface area contributed by atoms with Gasteiger partial charge in [0.05, 0.1) is 0 Å². The van der Waals surface area contributed by atoms with Gasteiger partial charge in [-0.25, -0.2) is 4.39 Å². The van der Waals surface area contributed by atoms with E-state index >= 15 is 0 Å². The lowest BCUT2D eigenvalue weighted by Gasteiger charge is -2.40. The van der Waals surface area contributed by atoms with Gasteiger partial charge in [0.1, 0.15) is 5.82 Å². The molecule has 1 aromatic carbocycles. The van der Waals surface area contributed by atoms with Crippen molar-refractivity contribution in [1.82, 2.24) is 0 Å². The summed E-state index contributed by atoms with van der Waals surface area (Å²) in [7, 11) is 0. The van der Waals surface area contributed by atoms with Crippen LogP contribution < -0.4 is 5.73 Å². The quantitative estimate of drug-likeness (QED) is 0.867. The van der Waals surface area contributed by atoms with Gasteiger partial charge in [-0.1, -0.05) is 32.0 Å². The summed E-state index contributed by atoms with van der Waals surface area (Å²) >= 11 is 0. The van der Waals surface area contributed by atoms with Crippen molar-refractivity contribution < 1.29 is 4.39 Å². The van der Waals surface area contributed by atoms with E-state index in [0.29, 0.717) is 17.3 Å². The molecule has 18 heavy (non-hydrogen) atoms. The number of halogens is 1. The Morgan fingerprint density at radius 2 is 2.00 bits per heavy atom. The van der Waals surface area contributed by atoms with Crippen LogP contribution in [0.5, 0.6) is 0 Å². The molecule has 1 nitrogen and oxygen atoms in total. The largest absolute Gasteiger partial charge is 0.330 e. The molecule has 2 atom stereocenters. The summed E-state index contributed by atoms with van der Waals surface area (Å²) < 4.78 is 13.7. The first-order chi connectivity index (χ1) is 8.52. The molecule has 0 aromatic heterocycles. The summed E-state index contributed by atoms with van der Waals surface area (Å²) in [5.74, 6) is 1.00. The molecule has 0 amide bonds. The predicted octanol–water partition coefficient (Wildman–Crippen LogP) is 3.77.